The SMILES string of the molecule is CC(C)(C)C(=O)c1ccc(F)c(C(F)(F)F)c1. The number of carbonyl (C=O) groups is 1. The molecule has 0 aliphatic heterocycles. The van der Waals surface area contributed by atoms with Crippen LogP contribution < -0.4 is 0 Å². The molecule has 0 radical (unpaired) electrons. The molecule has 1 aromatic rings. The average molecular weight is 248 g/mol. The first-order valence-corrected chi connectivity index (χ1v) is 4.95. The Hall–Kier alpha value is -1.39. The number of Topliss-reactive ketones (excluding diaryl/α,β-unsaturated/α-hetero) is 1. The summed E-state index contributed by atoms with van der Waals surface area (Å²) in [5, 5.41) is 0. The Balaban J connectivity index is 3.28. The summed E-state index contributed by atoms with van der Waals surface area (Å²) in [5.41, 5.74) is -2.35. The van der Waals surface area contributed by atoms with E-state index < -0.39 is 28.8 Å². The Kier molecular flexibility index (Phi) is 3.32. The van der Waals surface area contributed by atoms with Crippen LogP contribution in [0.2, 0.25) is 0 Å². The van der Waals surface area contributed by atoms with Gasteiger partial charge in [-0.15, -0.1) is 0 Å². The minimum absolute atomic E-state index is 0.133. The molecule has 0 aromatic heterocycles. The monoisotopic (exact) mass is 248 g/mol. The Labute approximate surface area is 96.4 Å². The fourth-order valence-corrected chi connectivity index (χ4v) is 1.32. The highest BCUT2D eigenvalue weighted by Crippen LogP contribution is 2.33. The van der Waals surface area contributed by atoms with Gasteiger partial charge >= 0.3 is 6.18 Å². The molecule has 0 spiro atoms. The molecule has 5 heteroatoms. The summed E-state index contributed by atoms with van der Waals surface area (Å²) < 4.78 is 50.3. The normalized spacial score (nSPS) is 12.6. The van der Waals surface area contributed by atoms with E-state index in [9.17, 15) is 22.4 Å². The smallest absolute Gasteiger partial charge is 0.294 e. The number of benzene rings is 1. The number of alkyl halides is 3. The minimum Gasteiger partial charge on any atom is -0.294 e. The van der Waals surface area contributed by atoms with Crippen molar-refractivity contribution in [3.63, 3.8) is 0 Å². The summed E-state index contributed by atoms with van der Waals surface area (Å²) in [6.45, 7) is 4.77. The summed E-state index contributed by atoms with van der Waals surface area (Å²) >= 11 is 0. The molecule has 0 N–H and O–H groups in total. The van der Waals surface area contributed by atoms with Crippen LogP contribution in [0.4, 0.5) is 17.6 Å². The molecule has 0 saturated carbocycles. The van der Waals surface area contributed by atoms with Gasteiger partial charge in [0.1, 0.15) is 5.82 Å². The van der Waals surface area contributed by atoms with Crippen LogP contribution >= 0.6 is 0 Å². The van der Waals surface area contributed by atoms with Crippen molar-refractivity contribution in [2.75, 3.05) is 0 Å². The van der Waals surface area contributed by atoms with Crippen LogP contribution in [0.1, 0.15) is 36.7 Å². The first-order valence-electron chi connectivity index (χ1n) is 4.95. The Morgan fingerprint density at radius 1 is 1.12 bits per heavy atom. The second-order valence-corrected chi connectivity index (χ2v) is 4.77. The highest BCUT2D eigenvalue weighted by Gasteiger charge is 2.35. The lowest BCUT2D eigenvalue weighted by atomic mass is 9.86. The third-order valence-corrected chi connectivity index (χ3v) is 2.22. The first-order chi connectivity index (χ1) is 7.53. The van der Waals surface area contributed by atoms with Gasteiger partial charge in [0, 0.05) is 11.0 Å². The van der Waals surface area contributed by atoms with Crippen LogP contribution in [0.3, 0.4) is 0 Å². The summed E-state index contributed by atoms with van der Waals surface area (Å²) in [5.74, 6) is -1.83. The van der Waals surface area contributed by atoms with Crippen molar-refractivity contribution in [3.05, 3.63) is 35.1 Å². The van der Waals surface area contributed by atoms with E-state index in [0.717, 1.165) is 6.07 Å². The lowest BCUT2D eigenvalue weighted by molar-refractivity contribution is -0.140. The lowest BCUT2D eigenvalue weighted by Gasteiger charge is -2.17. The number of hydrogen-bond donors (Lipinski definition) is 0. The predicted octanol–water partition coefficient (Wildman–Crippen LogP) is 4.07. The number of hydrogen-bond acceptors (Lipinski definition) is 1. The van der Waals surface area contributed by atoms with Crippen LogP contribution in [0, 0.1) is 11.2 Å². The number of rotatable bonds is 1. The lowest BCUT2D eigenvalue weighted by Crippen LogP contribution is -2.21. The molecule has 0 saturated heterocycles. The van der Waals surface area contributed by atoms with Crippen LogP contribution in [-0.4, -0.2) is 5.78 Å². The summed E-state index contributed by atoms with van der Waals surface area (Å²) in [4.78, 5) is 11.8. The molecule has 0 fully saturated rings. The average Bonchev–Trinajstić information content (AvgIpc) is 2.14. The van der Waals surface area contributed by atoms with Crippen molar-refractivity contribution in [2.24, 2.45) is 5.41 Å². The van der Waals surface area contributed by atoms with Gasteiger partial charge in [0.2, 0.25) is 0 Å². The fraction of sp³-hybridized carbons (Fsp3) is 0.417. The summed E-state index contributed by atoms with van der Waals surface area (Å²) in [6, 6.07) is 2.29. The van der Waals surface area contributed by atoms with Crippen LogP contribution in [0.5, 0.6) is 0 Å². The minimum atomic E-state index is -4.79. The molecule has 0 aliphatic rings. The van der Waals surface area contributed by atoms with E-state index in [1.54, 1.807) is 20.8 Å². The highest BCUT2D eigenvalue weighted by atomic mass is 19.4. The molecule has 1 aromatic carbocycles. The first kappa shape index (κ1) is 13.7. The molecule has 17 heavy (non-hydrogen) atoms. The Morgan fingerprint density at radius 2 is 1.65 bits per heavy atom. The van der Waals surface area contributed by atoms with E-state index in [1.807, 2.05) is 0 Å². The van der Waals surface area contributed by atoms with Crippen molar-refractivity contribution in [2.45, 2.75) is 26.9 Å². The van der Waals surface area contributed by atoms with Gasteiger partial charge in [-0.2, -0.15) is 13.2 Å². The van der Waals surface area contributed by atoms with Crippen LogP contribution in [-0.2, 0) is 6.18 Å². The summed E-state index contributed by atoms with van der Waals surface area (Å²) in [6.07, 6.45) is -4.79. The highest BCUT2D eigenvalue weighted by molar-refractivity contribution is 5.99. The largest absolute Gasteiger partial charge is 0.419 e. The number of halogens is 4. The Bertz CT molecular complexity index is 441. The van der Waals surface area contributed by atoms with E-state index in [2.05, 4.69) is 0 Å². The van der Waals surface area contributed by atoms with Gasteiger partial charge in [-0.1, -0.05) is 20.8 Å². The van der Waals surface area contributed by atoms with Crippen molar-refractivity contribution >= 4 is 5.78 Å². The molecule has 0 unspecified atom stereocenters. The standard InChI is InChI=1S/C12H12F4O/c1-11(2,3)10(17)7-4-5-9(13)8(6-7)12(14,15)16/h4-6H,1-3H3. The maximum absolute atomic E-state index is 13.0. The van der Waals surface area contributed by atoms with E-state index >= 15 is 0 Å². The molecular weight excluding hydrogens is 236 g/mol. The van der Waals surface area contributed by atoms with Crippen molar-refractivity contribution < 1.29 is 22.4 Å². The van der Waals surface area contributed by atoms with Gasteiger partial charge in [-0.3, -0.25) is 4.79 Å². The molecule has 0 bridgehead atoms. The summed E-state index contributed by atoms with van der Waals surface area (Å²) in [7, 11) is 0. The third-order valence-electron chi connectivity index (χ3n) is 2.22. The van der Waals surface area contributed by atoms with E-state index in [0.29, 0.717) is 12.1 Å². The topological polar surface area (TPSA) is 17.1 Å². The zero-order valence-electron chi connectivity index (χ0n) is 9.65. The molecular formula is C12H12F4O. The molecule has 0 heterocycles. The van der Waals surface area contributed by atoms with Gasteiger partial charge in [-0.05, 0) is 18.2 Å². The maximum atomic E-state index is 13.0. The van der Waals surface area contributed by atoms with Crippen molar-refractivity contribution in [3.8, 4) is 0 Å². The molecule has 0 atom stereocenters. The number of ketones is 1. The van der Waals surface area contributed by atoms with E-state index in [1.165, 1.54) is 0 Å². The van der Waals surface area contributed by atoms with Crippen molar-refractivity contribution in [1.29, 1.82) is 0 Å². The van der Waals surface area contributed by atoms with Crippen molar-refractivity contribution in [1.82, 2.24) is 0 Å². The maximum Gasteiger partial charge on any atom is 0.419 e. The van der Waals surface area contributed by atoms with E-state index in [4.69, 9.17) is 0 Å². The predicted molar refractivity (Wildman–Crippen MR) is 55.2 cm³/mol. The van der Waals surface area contributed by atoms with E-state index in [-0.39, 0.29) is 5.56 Å². The molecule has 0 aliphatic carbocycles. The van der Waals surface area contributed by atoms with Crippen LogP contribution in [0.25, 0.3) is 0 Å². The van der Waals surface area contributed by atoms with Gasteiger partial charge in [0.15, 0.2) is 5.78 Å². The molecule has 0 amide bonds. The zero-order chi connectivity index (χ0) is 13.4. The number of carbonyl (C=O) groups excluding carboxylic acids is 1. The molecule has 1 nitrogen and oxygen atoms in total. The van der Waals surface area contributed by atoms with Gasteiger partial charge in [0.25, 0.3) is 0 Å². The second kappa shape index (κ2) is 4.13. The Morgan fingerprint density at radius 3 is 2.06 bits per heavy atom. The second-order valence-electron chi connectivity index (χ2n) is 4.77. The fourth-order valence-electron chi connectivity index (χ4n) is 1.32. The molecule has 1 rings (SSSR count). The quantitative estimate of drug-likeness (QED) is 0.540. The zero-order valence-corrected chi connectivity index (χ0v) is 9.65. The third kappa shape index (κ3) is 3.05. The molecule has 94 valence electrons. The van der Waals surface area contributed by atoms with Crippen LogP contribution in [0.15, 0.2) is 18.2 Å². The van der Waals surface area contributed by atoms with Gasteiger partial charge < -0.3 is 0 Å². The van der Waals surface area contributed by atoms with Gasteiger partial charge in [0.05, 0.1) is 5.56 Å². The van der Waals surface area contributed by atoms with Gasteiger partial charge in [-0.25, -0.2) is 4.39 Å².